The molecule has 1 aliphatic heterocycles. The number of piperidine rings is 1. The van der Waals surface area contributed by atoms with Gasteiger partial charge in [0.05, 0.1) is 12.1 Å². The first-order valence-electron chi connectivity index (χ1n) is 8.17. The molecule has 144 valence electrons. The number of aromatic nitrogens is 1. The molecule has 0 bridgehead atoms. The van der Waals surface area contributed by atoms with Crippen LogP contribution in [0.2, 0.25) is 0 Å². The second kappa shape index (κ2) is 11.7. The van der Waals surface area contributed by atoms with Crippen molar-refractivity contribution in [2.24, 2.45) is 11.8 Å². The number of carbonyl (C=O) groups excluding carboxylic acids is 2. The van der Waals surface area contributed by atoms with Crippen molar-refractivity contribution in [1.82, 2.24) is 15.2 Å². The highest BCUT2D eigenvalue weighted by Crippen LogP contribution is 2.20. The summed E-state index contributed by atoms with van der Waals surface area (Å²) in [5.74, 6) is 0.660. The summed E-state index contributed by atoms with van der Waals surface area (Å²) in [6.45, 7) is 6.35. The van der Waals surface area contributed by atoms with E-state index in [0.717, 1.165) is 38.2 Å². The number of carbonyl (C=O) groups is 2. The first-order chi connectivity index (χ1) is 11.0. The van der Waals surface area contributed by atoms with E-state index >= 15 is 0 Å². The van der Waals surface area contributed by atoms with E-state index in [1.165, 1.54) is 11.3 Å². The second-order valence-electron chi connectivity index (χ2n) is 6.35. The van der Waals surface area contributed by atoms with Crippen LogP contribution in [0.15, 0.2) is 5.38 Å². The third-order valence-electron chi connectivity index (χ3n) is 4.10. The Kier molecular flexibility index (Phi) is 11.3. The van der Waals surface area contributed by atoms with Gasteiger partial charge in [0.15, 0.2) is 5.13 Å². The van der Waals surface area contributed by atoms with E-state index in [1.807, 2.05) is 31.2 Å². The number of likely N-dealkylation sites (tertiary alicyclic amines) is 1. The first-order valence-corrected chi connectivity index (χ1v) is 9.05. The van der Waals surface area contributed by atoms with Gasteiger partial charge in [-0.25, -0.2) is 4.98 Å². The lowest BCUT2D eigenvalue weighted by Crippen LogP contribution is -2.41. The maximum Gasteiger partial charge on any atom is 0.228 e. The van der Waals surface area contributed by atoms with Crippen LogP contribution in [0, 0.1) is 11.8 Å². The maximum absolute atomic E-state index is 12.4. The van der Waals surface area contributed by atoms with Crippen molar-refractivity contribution in [3.8, 4) is 0 Å². The molecule has 6 nitrogen and oxygen atoms in total. The van der Waals surface area contributed by atoms with Crippen molar-refractivity contribution in [3.63, 3.8) is 0 Å². The Morgan fingerprint density at radius 1 is 1.32 bits per heavy atom. The topological polar surface area (TPSA) is 74.3 Å². The van der Waals surface area contributed by atoms with Gasteiger partial charge in [-0.2, -0.15) is 0 Å². The SMILES string of the molecule is CNCC1CCN(C(=O)Cc2csc(NC(=O)C(C)C)n2)CC1.Cl.Cl. The van der Waals surface area contributed by atoms with Gasteiger partial charge in [-0.15, -0.1) is 36.2 Å². The molecule has 1 aliphatic rings. The summed E-state index contributed by atoms with van der Waals surface area (Å²) in [6.07, 6.45) is 2.42. The summed E-state index contributed by atoms with van der Waals surface area (Å²) in [7, 11) is 1.97. The molecule has 0 unspecified atom stereocenters. The molecule has 0 aliphatic carbocycles. The molecule has 1 fully saturated rings. The number of nitrogens with one attached hydrogen (secondary N) is 2. The highest BCUT2D eigenvalue weighted by molar-refractivity contribution is 7.13. The van der Waals surface area contributed by atoms with Gasteiger partial charge < -0.3 is 15.5 Å². The van der Waals surface area contributed by atoms with Crippen LogP contribution in [-0.2, 0) is 16.0 Å². The lowest BCUT2D eigenvalue weighted by molar-refractivity contribution is -0.131. The first kappa shape index (κ1) is 24.1. The molecule has 2 amide bonds. The fraction of sp³-hybridized carbons (Fsp3) is 0.688. The Morgan fingerprint density at radius 3 is 2.52 bits per heavy atom. The third kappa shape index (κ3) is 7.48. The van der Waals surface area contributed by atoms with Crippen LogP contribution in [0.4, 0.5) is 5.13 Å². The van der Waals surface area contributed by atoms with Crippen LogP contribution >= 0.6 is 36.2 Å². The predicted molar refractivity (Wildman–Crippen MR) is 107 cm³/mol. The highest BCUT2D eigenvalue weighted by atomic mass is 35.5. The molecule has 2 N–H and O–H groups in total. The van der Waals surface area contributed by atoms with Crippen molar-refractivity contribution in [2.45, 2.75) is 33.1 Å². The van der Waals surface area contributed by atoms with Gasteiger partial charge in [-0.1, -0.05) is 13.8 Å². The Balaban J connectivity index is 0.00000288. The zero-order valence-electron chi connectivity index (χ0n) is 14.9. The van der Waals surface area contributed by atoms with E-state index in [-0.39, 0.29) is 42.5 Å². The Labute approximate surface area is 166 Å². The maximum atomic E-state index is 12.4. The van der Waals surface area contributed by atoms with Gasteiger partial charge in [0, 0.05) is 24.4 Å². The Morgan fingerprint density at radius 2 is 1.96 bits per heavy atom. The van der Waals surface area contributed by atoms with Gasteiger partial charge in [-0.05, 0) is 32.4 Å². The van der Waals surface area contributed by atoms with Crippen LogP contribution in [0.1, 0.15) is 32.4 Å². The predicted octanol–water partition coefficient (Wildman–Crippen LogP) is 2.58. The van der Waals surface area contributed by atoms with Gasteiger partial charge >= 0.3 is 0 Å². The lowest BCUT2D eigenvalue weighted by Gasteiger charge is -2.31. The molecule has 2 rings (SSSR count). The van der Waals surface area contributed by atoms with E-state index in [9.17, 15) is 9.59 Å². The molecule has 1 saturated heterocycles. The van der Waals surface area contributed by atoms with Crippen LogP contribution in [0.3, 0.4) is 0 Å². The minimum Gasteiger partial charge on any atom is -0.342 e. The molecule has 9 heteroatoms. The van der Waals surface area contributed by atoms with Gasteiger partial charge in [0.1, 0.15) is 0 Å². The number of amides is 2. The van der Waals surface area contributed by atoms with Crippen LogP contribution in [-0.4, -0.2) is 48.4 Å². The molecule has 0 saturated carbocycles. The van der Waals surface area contributed by atoms with Crippen molar-refractivity contribution in [1.29, 1.82) is 0 Å². The van der Waals surface area contributed by atoms with E-state index in [1.54, 1.807) is 0 Å². The molecule has 25 heavy (non-hydrogen) atoms. The summed E-state index contributed by atoms with van der Waals surface area (Å²) in [6, 6.07) is 0. The van der Waals surface area contributed by atoms with Crippen molar-refractivity contribution in [3.05, 3.63) is 11.1 Å². The van der Waals surface area contributed by atoms with Gasteiger partial charge in [0.25, 0.3) is 0 Å². The van der Waals surface area contributed by atoms with Gasteiger partial charge in [-0.3, -0.25) is 9.59 Å². The summed E-state index contributed by atoms with van der Waals surface area (Å²) >= 11 is 1.37. The number of halogens is 2. The summed E-state index contributed by atoms with van der Waals surface area (Å²) < 4.78 is 0. The fourth-order valence-corrected chi connectivity index (χ4v) is 3.35. The summed E-state index contributed by atoms with van der Waals surface area (Å²) in [4.78, 5) is 30.3. The minimum atomic E-state index is -0.0807. The van der Waals surface area contributed by atoms with Crippen LogP contribution in [0.25, 0.3) is 0 Å². The smallest absolute Gasteiger partial charge is 0.228 e. The van der Waals surface area contributed by atoms with E-state index in [4.69, 9.17) is 0 Å². The quantitative estimate of drug-likeness (QED) is 0.755. The van der Waals surface area contributed by atoms with E-state index in [0.29, 0.717) is 17.5 Å². The van der Waals surface area contributed by atoms with Crippen molar-refractivity contribution < 1.29 is 9.59 Å². The number of nitrogens with zero attached hydrogens (tertiary/aromatic N) is 2. The van der Waals surface area contributed by atoms with Gasteiger partial charge in [0.2, 0.25) is 11.8 Å². The molecule has 1 aromatic heterocycles. The van der Waals surface area contributed by atoms with Crippen molar-refractivity contribution in [2.75, 3.05) is 32.0 Å². The number of anilines is 1. The minimum absolute atomic E-state index is 0. The molecular formula is C16H28Cl2N4O2S. The number of hydrogen-bond donors (Lipinski definition) is 2. The van der Waals surface area contributed by atoms with Crippen LogP contribution in [0.5, 0.6) is 0 Å². The molecule has 2 heterocycles. The summed E-state index contributed by atoms with van der Waals surface area (Å²) in [5.41, 5.74) is 0.733. The third-order valence-corrected chi connectivity index (χ3v) is 4.91. The van der Waals surface area contributed by atoms with Crippen molar-refractivity contribution >= 4 is 53.1 Å². The Hall–Kier alpha value is -0.890. The van der Waals surface area contributed by atoms with Crippen LogP contribution < -0.4 is 10.6 Å². The normalized spacial score (nSPS) is 14.6. The number of thiazole rings is 1. The lowest BCUT2D eigenvalue weighted by atomic mass is 9.96. The monoisotopic (exact) mass is 410 g/mol. The van der Waals surface area contributed by atoms with E-state index < -0.39 is 0 Å². The standard InChI is InChI=1S/C16H26N4O2S.2ClH/c1-11(2)15(22)19-16-18-13(10-23-16)8-14(21)20-6-4-12(5-7-20)9-17-3;;/h10-12,17H,4-9H2,1-3H3,(H,18,19,22);2*1H. The zero-order valence-corrected chi connectivity index (χ0v) is 17.4. The Bertz CT molecular complexity index is 546. The molecule has 0 radical (unpaired) electrons. The zero-order chi connectivity index (χ0) is 16.8. The molecule has 0 aromatic carbocycles. The van der Waals surface area contributed by atoms with E-state index in [2.05, 4.69) is 15.6 Å². The summed E-state index contributed by atoms with van der Waals surface area (Å²) in [5, 5.41) is 8.39. The molecule has 0 spiro atoms. The average molecular weight is 411 g/mol. The highest BCUT2D eigenvalue weighted by Gasteiger charge is 2.23. The number of hydrogen-bond acceptors (Lipinski definition) is 5. The molecule has 1 aromatic rings. The molecule has 0 atom stereocenters. The largest absolute Gasteiger partial charge is 0.342 e. The fourth-order valence-electron chi connectivity index (χ4n) is 2.64. The average Bonchev–Trinajstić information content (AvgIpc) is 2.95. The number of rotatable bonds is 6. The molecular weight excluding hydrogens is 383 g/mol. The second-order valence-corrected chi connectivity index (χ2v) is 7.20.